The Labute approximate surface area is 360 Å². The van der Waals surface area contributed by atoms with Crippen LogP contribution in [-0.2, 0) is 42.7 Å². The Balaban J connectivity index is 0.851. The van der Waals surface area contributed by atoms with E-state index in [1.54, 1.807) is 6.08 Å². The zero-order chi connectivity index (χ0) is 43.3. The van der Waals surface area contributed by atoms with Crippen LogP contribution in [0.2, 0.25) is 0 Å². The molecule has 2 bridgehead atoms. The van der Waals surface area contributed by atoms with Gasteiger partial charge in [-0.2, -0.15) is 0 Å². The zero-order valence-electron chi connectivity index (χ0n) is 37.0. The molecule has 9 heterocycles. The lowest BCUT2D eigenvalue weighted by Gasteiger charge is -2.53. The lowest BCUT2D eigenvalue weighted by molar-refractivity contribution is -0.367. The van der Waals surface area contributed by atoms with Gasteiger partial charge in [-0.15, -0.1) is 0 Å². The minimum Gasteiger partial charge on any atom is -0.481 e. The molecule has 5 N–H and O–H groups in total. The van der Waals surface area contributed by atoms with E-state index in [9.17, 15) is 20.1 Å². The first kappa shape index (κ1) is 44.4. The van der Waals surface area contributed by atoms with Crippen molar-refractivity contribution in [1.82, 2.24) is 5.32 Å². The number of hydrogen-bond donors (Lipinski definition) is 5. The molecule has 9 aliphatic heterocycles. The van der Waals surface area contributed by atoms with Crippen molar-refractivity contribution < 1.29 is 63.1 Å². The molecule has 61 heavy (non-hydrogen) atoms. The maximum Gasteiger partial charge on any atom is 0.306 e. The van der Waals surface area contributed by atoms with E-state index in [2.05, 4.69) is 39.6 Å². The molecule has 3 spiro atoms. The summed E-state index contributed by atoms with van der Waals surface area (Å²) in [6.07, 6.45) is 7.92. The van der Waals surface area contributed by atoms with E-state index < -0.39 is 65.4 Å². The van der Waals surface area contributed by atoms with Gasteiger partial charge in [0.1, 0.15) is 17.9 Å². The first-order chi connectivity index (χ1) is 28.8. The van der Waals surface area contributed by atoms with Crippen molar-refractivity contribution in [2.24, 2.45) is 29.6 Å². The highest BCUT2D eigenvalue weighted by Crippen LogP contribution is 2.56. The molecular formula is C47H71NO13. The Bertz CT molecular complexity index is 1740. The molecule has 342 valence electrons. The lowest BCUT2D eigenvalue weighted by atomic mass is 9.76. The molecule has 9 rings (SSSR count). The highest BCUT2D eigenvalue weighted by molar-refractivity contribution is 5.67. The molecular weight excluding hydrogens is 787 g/mol. The summed E-state index contributed by atoms with van der Waals surface area (Å²) in [5.74, 6) is -5.40. The summed E-state index contributed by atoms with van der Waals surface area (Å²) in [5.41, 5.74) is 1.46. The summed E-state index contributed by atoms with van der Waals surface area (Å²) in [5, 5.41) is 47.4. The van der Waals surface area contributed by atoms with E-state index in [1.165, 1.54) is 6.08 Å². The van der Waals surface area contributed by atoms with Gasteiger partial charge in [0.25, 0.3) is 0 Å². The summed E-state index contributed by atoms with van der Waals surface area (Å²) in [6, 6.07) is 0. The Kier molecular flexibility index (Phi) is 11.8. The molecule has 0 aromatic rings. The minimum atomic E-state index is -1.90. The number of aliphatic hydroxyl groups excluding tert-OH is 2. The van der Waals surface area contributed by atoms with Gasteiger partial charge in [-0.25, -0.2) is 0 Å². The smallest absolute Gasteiger partial charge is 0.306 e. The Morgan fingerprint density at radius 3 is 2.48 bits per heavy atom. The number of nitrogens with one attached hydrogen (secondary N) is 1. The Morgan fingerprint density at radius 2 is 1.70 bits per heavy atom. The minimum absolute atomic E-state index is 0.0261. The molecule has 20 unspecified atom stereocenters. The van der Waals surface area contributed by atoms with Crippen LogP contribution in [0.3, 0.4) is 0 Å². The quantitative estimate of drug-likeness (QED) is 0.187. The molecule has 0 radical (unpaired) electrons. The van der Waals surface area contributed by atoms with Gasteiger partial charge in [0.2, 0.25) is 0 Å². The third kappa shape index (κ3) is 8.15. The molecule has 9 aliphatic rings. The Morgan fingerprint density at radius 1 is 0.918 bits per heavy atom. The van der Waals surface area contributed by atoms with E-state index in [1.807, 2.05) is 19.9 Å². The number of carboxylic acid groups (broad SMARTS) is 1. The van der Waals surface area contributed by atoms with Crippen molar-refractivity contribution in [2.75, 3.05) is 6.54 Å². The SMILES string of the molecule is C=C(CC12CC(C)CC(O1)C1OC3(CC1O2)NCCCC3C)C1OC(O)(C(O)C2CC3OC4(CCC5(CC(C)=CC(/C=C/C(O)CC(=O)O)O5)O4)C(C)CC3O2)C(C)CC1C. The van der Waals surface area contributed by atoms with E-state index in [-0.39, 0.29) is 54.7 Å². The second-order valence-corrected chi connectivity index (χ2v) is 21.0. The summed E-state index contributed by atoms with van der Waals surface area (Å²) in [7, 11) is 0. The van der Waals surface area contributed by atoms with Crippen molar-refractivity contribution in [2.45, 2.75) is 215 Å². The second kappa shape index (κ2) is 16.3. The van der Waals surface area contributed by atoms with Crippen LogP contribution in [0, 0.1) is 29.6 Å². The van der Waals surface area contributed by atoms with Crippen molar-refractivity contribution in [3.63, 3.8) is 0 Å². The molecule has 14 nitrogen and oxygen atoms in total. The molecule has 0 amide bonds. The van der Waals surface area contributed by atoms with Gasteiger partial charge in [-0.3, -0.25) is 10.1 Å². The van der Waals surface area contributed by atoms with Crippen LogP contribution in [0.5, 0.6) is 0 Å². The average molecular weight is 858 g/mol. The fourth-order valence-electron chi connectivity index (χ4n) is 13.0. The van der Waals surface area contributed by atoms with E-state index >= 15 is 0 Å². The number of aliphatic hydroxyl groups is 3. The molecule has 0 aromatic carbocycles. The number of hydrogen-bond acceptors (Lipinski definition) is 13. The summed E-state index contributed by atoms with van der Waals surface area (Å²) < 4.78 is 54.1. The monoisotopic (exact) mass is 857 g/mol. The van der Waals surface area contributed by atoms with Crippen molar-refractivity contribution in [3.05, 3.63) is 36.0 Å². The molecule has 0 saturated carbocycles. The van der Waals surface area contributed by atoms with Crippen LogP contribution < -0.4 is 5.32 Å². The van der Waals surface area contributed by atoms with E-state index in [0.717, 1.165) is 49.8 Å². The number of ether oxygens (including phenoxy) is 8. The fraction of sp³-hybridized carbons (Fsp3) is 0.851. The van der Waals surface area contributed by atoms with Crippen LogP contribution >= 0.6 is 0 Å². The predicted octanol–water partition coefficient (Wildman–Crippen LogP) is 5.37. The summed E-state index contributed by atoms with van der Waals surface area (Å²) in [4.78, 5) is 11.1. The van der Waals surface area contributed by atoms with Gasteiger partial charge in [0.15, 0.2) is 23.1 Å². The largest absolute Gasteiger partial charge is 0.481 e. The van der Waals surface area contributed by atoms with E-state index in [4.69, 9.17) is 43.0 Å². The average Bonchev–Trinajstić information content (AvgIpc) is 3.86. The van der Waals surface area contributed by atoms with Crippen molar-refractivity contribution in [1.29, 1.82) is 0 Å². The lowest BCUT2D eigenvalue weighted by Crippen LogP contribution is -2.62. The predicted molar refractivity (Wildman–Crippen MR) is 220 cm³/mol. The highest BCUT2D eigenvalue weighted by atomic mass is 16.8. The van der Waals surface area contributed by atoms with Crippen LogP contribution in [0.4, 0.5) is 0 Å². The zero-order valence-corrected chi connectivity index (χ0v) is 37.0. The molecule has 0 aromatic heterocycles. The highest BCUT2D eigenvalue weighted by Gasteiger charge is 2.64. The molecule has 0 aliphatic carbocycles. The number of aliphatic carboxylic acids is 1. The molecule has 8 fully saturated rings. The third-order valence-corrected chi connectivity index (χ3v) is 16.0. The number of rotatable bonds is 9. The molecule has 8 saturated heterocycles. The Hall–Kier alpha value is -1.79. The fourth-order valence-corrected chi connectivity index (χ4v) is 13.0. The number of fused-ring (bicyclic) bond motifs is 5. The molecule has 14 heteroatoms. The van der Waals surface area contributed by atoms with Crippen LogP contribution in [0.15, 0.2) is 36.0 Å². The number of carboxylic acids is 1. The van der Waals surface area contributed by atoms with Crippen LogP contribution in [0.25, 0.3) is 0 Å². The van der Waals surface area contributed by atoms with E-state index in [0.29, 0.717) is 56.8 Å². The maximum atomic E-state index is 12.4. The first-order valence-electron chi connectivity index (χ1n) is 23.3. The second-order valence-electron chi connectivity index (χ2n) is 21.0. The van der Waals surface area contributed by atoms with Crippen molar-refractivity contribution in [3.8, 4) is 0 Å². The van der Waals surface area contributed by atoms with Gasteiger partial charge < -0.3 is 58.3 Å². The van der Waals surface area contributed by atoms with Gasteiger partial charge in [0.05, 0.1) is 55.3 Å². The third-order valence-electron chi connectivity index (χ3n) is 16.0. The van der Waals surface area contributed by atoms with Crippen LogP contribution in [0.1, 0.15) is 125 Å². The maximum absolute atomic E-state index is 12.4. The number of piperidine rings is 1. The van der Waals surface area contributed by atoms with Gasteiger partial charge in [-0.1, -0.05) is 65.0 Å². The van der Waals surface area contributed by atoms with Gasteiger partial charge in [0, 0.05) is 56.8 Å². The molecule has 20 atom stereocenters. The standard InChI is InChI=1S/C47H71NO13/c1-25-15-33(11-10-32(49)19-39(50)51)55-43(21-25)12-13-46(61-43)30(6)18-34-35(58-46)20-37(54-34)42(52)47(53)31(7)17-27(3)40(60-47)28(4)23-44-22-26(2)16-36(56-44)41-38(57-44)24-45(59-41)29(5)9-8-14-48-45/h10-11,15,26-27,29-38,40-42,48-49,52-53H,4,8-9,12-14,16-24H2,1-3,5-7H3,(H,50,51)/b11-10+. The number of carbonyl (C=O) groups is 1. The first-order valence-corrected chi connectivity index (χ1v) is 23.3. The normalized spacial score (nSPS) is 51.7. The summed E-state index contributed by atoms with van der Waals surface area (Å²) in [6.45, 7) is 18.2. The topological polar surface area (TPSA) is 184 Å². The summed E-state index contributed by atoms with van der Waals surface area (Å²) >= 11 is 0. The van der Waals surface area contributed by atoms with Crippen molar-refractivity contribution >= 4 is 5.97 Å². The van der Waals surface area contributed by atoms with Gasteiger partial charge >= 0.3 is 5.97 Å². The van der Waals surface area contributed by atoms with Crippen LogP contribution in [-0.4, -0.2) is 123 Å². The van der Waals surface area contributed by atoms with Gasteiger partial charge in [-0.05, 0) is 68.9 Å².